The van der Waals surface area contributed by atoms with Gasteiger partial charge < -0.3 is 8.98 Å². The minimum absolute atomic E-state index is 0.591. The quantitative estimate of drug-likeness (QED) is 0.845. The number of rotatable bonds is 5. The van der Waals surface area contributed by atoms with Gasteiger partial charge in [0.25, 0.3) is 0 Å². The van der Waals surface area contributed by atoms with Gasteiger partial charge >= 0.3 is 0 Å². The van der Waals surface area contributed by atoms with Gasteiger partial charge in [0.05, 0.1) is 6.54 Å². The van der Waals surface area contributed by atoms with E-state index in [9.17, 15) is 0 Å². The highest BCUT2D eigenvalue weighted by molar-refractivity contribution is 4.90. The molecule has 21 heavy (non-hydrogen) atoms. The Morgan fingerprint density at radius 1 is 1.29 bits per heavy atom. The van der Waals surface area contributed by atoms with E-state index in [1.54, 1.807) is 0 Å². The second-order valence-corrected chi connectivity index (χ2v) is 5.79. The van der Waals surface area contributed by atoms with Gasteiger partial charge in [-0.3, -0.25) is 4.90 Å². The van der Waals surface area contributed by atoms with Crippen LogP contribution in [0.2, 0.25) is 0 Å². The van der Waals surface area contributed by atoms with Crippen molar-refractivity contribution in [1.29, 1.82) is 0 Å². The lowest BCUT2D eigenvalue weighted by atomic mass is 9.99. The summed E-state index contributed by atoms with van der Waals surface area (Å²) in [7, 11) is 0. The van der Waals surface area contributed by atoms with Gasteiger partial charge in [0.15, 0.2) is 0 Å². The Bertz CT molecular complexity index is 576. The molecule has 1 fully saturated rings. The molecule has 2 aromatic rings. The van der Waals surface area contributed by atoms with E-state index in [-0.39, 0.29) is 0 Å². The average Bonchev–Trinajstić information content (AvgIpc) is 3.07. The maximum atomic E-state index is 5.52. The maximum absolute atomic E-state index is 5.52. The van der Waals surface area contributed by atoms with Crippen LogP contribution in [-0.2, 0) is 13.1 Å². The number of hydrogen-bond donors (Lipinski definition) is 0. The van der Waals surface area contributed by atoms with Gasteiger partial charge in [0.2, 0.25) is 11.8 Å². The van der Waals surface area contributed by atoms with Crippen molar-refractivity contribution in [3.8, 4) is 0 Å². The lowest BCUT2D eigenvalue weighted by Crippen LogP contribution is -2.39. The Morgan fingerprint density at radius 2 is 2.19 bits per heavy atom. The number of likely N-dealkylation sites (tertiary alicyclic amines) is 1. The SMILES string of the molecule is Cc1nnc(CN2CCCC[C@@H]2CCn2ccnc2C)o1. The van der Waals surface area contributed by atoms with Crippen LogP contribution in [0, 0.1) is 13.8 Å². The molecule has 0 unspecified atom stereocenters. The number of hydrogen-bond acceptors (Lipinski definition) is 5. The first-order valence-corrected chi connectivity index (χ1v) is 7.73. The second-order valence-electron chi connectivity index (χ2n) is 5.79. The van der Waals surface area contributed by atoms with Crippen LogP contribution < -0.4 is 0 Å². The minimum atomic E-state index is 0.591. The molecule has 0 aliphatic carbocycles. The number of aryl methyl sites for hydroxylation is 3. The van der Waals surface area contributed by atoms with Crippen molar-refractivity contribution in [1.82, 2.24) is 24.6 Å². The third-order valence-electron chi connectivity index (χ3n) is 4.28. The summed E-state index contributed by atoms with van der Waals surface area (Å²) >= 11 is 0. The van der Waals surface area contributed by atoms with Gasteiger partial charge in [0.1, 0.15) is 5.82 Å². The van der Waals surface area contributed by atoms with Gasteiger partial charge in [-0.15, -0.1) is 10.2 Å². The fourth-order valence-electron chi connectivity index (χ4n) is 3.10. The molecule has 0 amide bonds. The summed E-state index contributed by atoms with van der Waals surface area (Å²) in [5.41, 5.74) is 0. The predicted octanol–water partition coefficient (Wildman–Crippen LogP) is 2.33. The summed E-state index contributed by atoms with van der Waals surface area (Å²) in [6.45, 7) is 6.81. The zero-order chi connectivity index (χ0) is 14.7. The molecule has 1 aliphatic heterocycles. The van der Waals surface area contributed by atoms with Crippen LogP contribution in [-0.4, -0.2) is 37.2 Å². The highest BCUT2D eigenvalue weighted by Crippen LogP contribution is 2.22. The first-order valence-electron chi connectivity index (χ1n) is 7.73. The lowest BCUT2D eigenvalue weighted by molar-refractivity contribution is 0.116. The first kappa shape index (κ1) is 14.3. The second kappa shape index (κ2) is 6.39. The molecule has 114 valence electrons. The standard InChI is InChI=1S/C15H23N5O/c1-12-16-7-10-19(12)9-6-14-5-3-4-8-20(14)11-15-18-17-13(2)21-15/h7,10,14H,3-6,8-9,11H2,1-2H3/t14-/m1/s1. The zero-order valence-corrected chi connectivity index (χ0v) is 12.8. The van der Waals surface area contributed by atoms with Crippen LogP contribution in [0.5, 0.6) is 0 Å². The fraction of sp³-hybridized carbons (Fsp3) is 0.667. The molecule has 1 atom stereocenters. The van der Waals surface area contributed by atoms with Crippen LogP contribution >= 0.6 is 0 Å². The summed E-state index contributed by atoms with van der Waals surface area (Å²) in [6.07, 6.45) is 8.89. The Hall–Kier alpha value is -1.69. The van der Waals surface area contributed by atoms with Crippen molar-refractivity contribution in [2.75, 3.05) is 6.54 Å². The third-order valence-corrected chi connectivity index (χ3v) is 4.28. The van der Waals surface area contributed by atoms with Gasteiger partial charge in [-0.25, -0.2) is 4.98 Å². The van der Waals surface area contributed by atoms with Crippen LogP contribution in [0.15, 0.2) is 16.8 Å². The van der Waals surface area contributed by atoms with E-state index in [0.29, 0.717) is 11.9 Å². The van der Waals surface area contributed by atoms with E-state index in [4.69, 9.17) is 4.42 Å². The third kappa shape index (κ3) is 3.50. The van der Waals surface area contributed by atoms with E-state index in [0.717, 1.165) is 37.8 Å². The van der Waals surface area contributed by atoms with Gasteiger partial charge in [0, 0.05) is 31.9 Å². The summed E-state index contributed by atoms with van der Waals surface area (Å²) < 4.78 is 7.75. The molecule has 2 aromatic heterocycles. The summed E-state index contributed by atoms with van der Waals surface area (Å²) in [4.78, 5) is 6.77. The molecule has 0 aromatic carbocycles. The molecular formula is C15H23N5O. The van der Waals surface area contributed by atoms with E-state index in [2.05, 4.69) is 37.8 Å². The molecule has 0 saturated carbocycles. The summed E-state index contributed by atoms with van der Waals surface area (Å²) in [5.74, 6) is 2.47. The Labute approximate surface area is 125 Å². The van der Waals surface area contributed by atoms with Crippen molar-refractivity contribution in [3.63, 3.8) is 0 Å². The highest BCUT2D eigenvalue weighted by atomic mass is 16.4. The normalized spacial score (nSPS) is 20.0. The molecule has 0 spiro atoms. The van der Waals surface area contributed by atoms with Crippen molar-refractivity contribution >= 4 is 0 Å². The average molecular weight is 289 g/mol. The number of piperidine rings is 1. The van der Waals surface area contributed by atoms with E-state index < -0.39 is 0 Å². The van der Waals surface area contributed by atoms with Crippen LogP contribution in [0.1, 0.15) is 43.3 Å². The molecule has 0 bridgehead atoms. The van der Waals surface area contributed by atoms with Crippen LogP contribution in [0.3, 0.4) is 0 Å². The smallest absolute Gasteiger partial charge is 0.230 e. The van der Waals surface area contributed by atoms with Crippen molar-refractivity contribution < 1.29 is 4.42 Å². The molecular weight excluding hydrogens is 266 g/mol. The topological polar surface area (TPSA) is 60.0 Å². The largest absolute Gasteiger partial charge is 0.424 e. The molecule has 3 rings (SSSR count). The van der Waals surface area contributed by atoms with E-state index in [1.807, 2.05) is 13.1 Å². The Kier molecular flexibility index (Phi) is 4.34. The molecule has 1 saturated heterocycles. The summed E-state index contributed by atoms with van der Waals surface area (Å²) in [5, 5.41) is 8.04. The van der Waals surface area contributed by atoms with Gasteiger partial charge in [-0.2, -0.15) is 0 Å². The minimum Gasteiger partial charge on any atom is -0.424 e. The number of imidazole rings is 1. The predicted molar refractivity (Wildman–Crippen MR) is 78.7 cm³/mol. The monoisotopic (exact) mass is 289 g/mol. The summed E-state index contributed by atoms with van der Waals surface area (Å²) in [6, 6.07) is 0.591. The van der Waals surface area contributed by atoms with E-state index in [1.165, 1.54) is 19.3 Å². The van der Waals surface area contributed by atoms with Crippen molar-refractivity contribution in [2.24, 2.45) is 0 Å². The molecule has 0 N–H and O–H groups in total. The van der Waals surface area contributed by atoms with Gasteiger partial charge in [-0.05, 0) is 32.7 Å². The first-order chi connectivity index (χ1) is 10.2. The van der Waals surface area contributed by atoms with Crippen LogP contribution in [0.4, 0.5) is 0 Å². The van der Waals surface area contributed by atoms with Crippen molar-refractivity contribution in [3.05, 3.63) is 30.0 Å². The Balaban J connectivity index is 1.60. The molecule has 3 heterocycles. The maximum Gasteiger partial charge on any atom is 0.230 e. The zero-order valence-electron chi connectivity index (χ0n) is 12.8. The van der Waals surface area contributed by atoms with E-state index >= 15 is 0 Å². The Morgan fingerprint density at radius 3 is 2.90 bits per heavy atom. The highest BCUT2D eigenvalue weighted by Gasteiger charge is 2.24. The molecule has 6 heteroatoms. The number of aromatic nitrogens is 4. The van der Waals surface area contributed by atoms with Crippen LogP contribution in [0.25, 0.3) is 0 Å². The molecule has 0 radical (unpaired) electrons. The fourth-order valence-corrected chi connectivity index (χ4v) is 3.10. The lowest BCUT2D eigenvalue weighted by Gasteiger charge is -2.34. The molecule has 6 nitrogen and oxygen atoms in total. The van der Waals surface area contributed by atoms with Gasteiger partial charge in [-0.1, -0.05) is 6.42 Å². The molecule has 1 aliphatic rings. The number of nitrogens with zero attached hydrogens (tertiary/aromatic N) is 5. The van der Waals surface area contributed by atoms with Crippen molar-refractivity contribution in [2.45, 2.75) is 58.7 Å².